The number of carbonyl (C=O) groups is 1. The molecule has 0 aliphatic heterocycles. The normalized spacial score (nSPS) is 9.12. The predicted octanol–water partition coefficient (Wildman–Crippen LogP) is 1.07. The molecular formula is C16H12N2O5V. The second-order valence-electron chi connectivity index (χ2n) is 4.27. The molecule has 7 nitrogen and oxygen atoms in total. The Bertz CT molecular complexity index is 808. The van der Waals surface area contributed by atoms with Crippen molar-refractivity contribution in [2.75, 3.05) is 0 Å². The van der Waals surface area contributed by atoms with Gasteiger partial charge in [-0.3, -0.25) is 15.0 Å². The van der Waals surface area contributed by atoms with E-state index in [9.17, 15) is 15.0 Å². The predicted molar refractivity (Wildman–Crippen MR) is 77.0 cm³/mol. The maximum absolute atomic E-state index is 11.1. The van der Waals surface area contributed by atoms with Crippen molar-refractivity contribution in [3.8, 4) is 11.5 Å². The zero-order valence-corrected chi connectivity index (χ0v) is 13.6. The number of nitrogens with zero attached hydrogens (tertiary/aromatic N) is 1. The number of rotatable bonds is 1. The first-order valence-electron chi connectivity index (χ1n) is 6.53. The second kappa shape index (κ2) is 10.1. The van der Waals surface area contributed by atoms with Crippen molar-refractivity contribution in [1.29, 1.82) is 0 Å². The number of nitrogens with one attached hydrogen (secondary N) is 1. The summed E-state index contributed by atoms with van der Waals surface area (Å²) in [6, 6.07) is 14.5. The summed E-state index contributed by atoms with van der Waals surface area (Å²) < 4.78 is 8.19. The summed E-state index contributed by atoms with van der Waals surface area (Å²) in [4.78, 5) is 14.6. The molecule has 0 radical (unpaired) electrons. The maximum atomic E-state index is 11.1. The summed E-state index contributed by atoms with van der Waals surface area (Å²) >= 11 is 1.06. The van der Waals surface area contributed by atoms with Crippen LogP contribution in [0.4, 0.5) is 0 Å². The van der Waals surface area contributed by atoms with Crippen LogP contribution in [0, 0.1) is 0 Å². The van der Waals surface area contributed by atoms with E-state index in [-0.39, 0.29) is 11.3 Å². The topological polar surface area (TPSA) is 125 Å². The molecule has 0 saturated carbocycles. The minimum absolute atomic E-state index is 0.0110. The van der Waals surface area contributed by atoms with Crippen LogP contribution in [-0.2, 0) is 21.0 Å². The fraction of sp³-hybridized carbons (Fsp3) is 0. The fourth-order valence-electron chi connectivity index (χ4n) is 1.79. The van der Waals surface area contributed by atoms with E-state index >= 15 is 0 Å². The molecule has 3 aromatic rings. The van der Waals surface area contributed by atoms with E-state index in [0.717, 1.165) is 22.8 Å². The van der Waals surface area contributed by atoms with Crippen molar-refractivity contribution < 1.29 is 41.3 Å². The van der Waals surface area contributed by atoms with Gasteiger partial charge in [-0.2, -0.15) is 0 Å². The van der Waals surface area contributed by atoms with E-state index in [1.165, 1.54) is 29.7 Å². The minimum atomic E-state index is -0.782. The molecular weight excluding hydrogens is 351 g/mol. The number of carbonyl (C=O) groups excluding carboxylic acids is 1. The Balaban J connectivity index is 0.000000218. The third kappa shape index (κ3) is 5.17. The average Bonchev–Trinajstić information content (AvgIpc) is 2.64. The van der Waals surface area contributed by atoms with Gasteiger partial charge in [0, 0.05) is 11.8 Å². The van der Waals surface area contributed by atoms with Gasteiger partial charge in [-0.05, 0) is 11.5 Å². The van der Waals surface area contributed by atoms with Gasteiger partial charge in [0.25, 0.3) is 5.91 Å². The first-order chi connectivity index (χ1) is 11.6. The van der Waals surface area contributed by atoms with Gasteiger partial charge in [-0.1, -0.05) is 60.0 Å². The molecule has 0 atom stereocenters. The van der Waals surface area contributed by atoms with Crippen LogP contribution in [0.2, 0.25) is 0 Å². The molecule has 8 heteroatoms. The number of hydrogen-bond acceptors (Lipinski definition) is 6. The summed E-state index contributed by atoms with van der Waals surface area (Å²) in [6.07, 6.45) is 1.63. The third-order valence-electron chi connectivity index (χ3n) is 2.83. The van der Waals surface area contributed by atoms with Crippen LogP contribution in [0.1, 0.15) is 10.4 Å². The first kappa shape index (κ1) is 19.3. The summed E-state index contributed by atoms with van der Waals surface area (Å²) in [5, 5.41) is 31.0. The molecule has 2 aromatic carbocycles. The summed E-state index contributed by atoms with van der Waals surface area (Å²) in [5.74, 6) is -1.20. The van der Waals surface area contributed by atoms with E-state index in [4.69, 9.17) is 8.88 Å². The van der Waals surface area contributed by atoms with E-state index in [1.54, 1.807) is 18.3 Å². The van der Waals surface area contributed by atoms with E-state index in [2.05, 4.69) is 4.98 Å². The van der Waals surface area contributed by atoms with Gasteiger partial charge >= 0.3 is 21.0 Å². The van der Waals surface area contributed by atoms with Gasteiger partial charge in [0.05, 0.1) is 5.52 Å². The zero-order valence-electron chi connectivity index (χ0n) is 12.2. The molecule has 2 N–H and O–H groups in total. The van der Waals surface area contributed by atoms with Crippen molar-refractivity contribution in [2.45, 2.75) is 0 Å². The molecule has 1 aromatic heterocycles. The van der Waals surface area contributed by atoms with Crippen LogP contribution in [0.15, 0.2) is 60.8 Å². The van der Waals surface area contributed by atoms with Crippen LogP contribution in [0.5, 0.6) is 11.5 Å². The van der Waals surface area contributed by atoms with E-state index in [0.29, 0.717) is 5.52 Å². The Morgan fingerprint density at radius 2 is 1.58 bits per heavy atom. The summed E-state index contributed by atoms with van der Waals surface area (Å²) in [5.41, 5.74) is 1.87. The molecule has 0 spiro atoms. The monoisotopic (exact) mass is 363 g/mol. The summed E-state index contributed by atoms with van der Waals surface area (Å²) in [6.45, 7) is 0. The average molecular weight is 363 g/mol. The number of hydroxylamine groups is 1. The molecule has 121 valence electrons. The standard InChI is InChI=1S/C9H7NO.C7H7NO3.O.V/c11-8-5-1-3-7-4-2-6-10-9(7)8;9-6-4-2-1-3-5(6)7(10)8-11;;/h1-6,11H;1-4,9,11H,(H,8,10);;/q;;;+2/p-2. The Labute approximate surface area is 146 Å². The number of pyridine rings is 1. The molecule has 0 saturated heterocycles. The number of aromatic nitrogens is 1. The molecule has 3 rings (SSSR count). The fourth-order valence-corrected chi connectivity index (χ4v) is 1.79. The second-order valence-corrected chi connectivity index (χ2v) is 4.27. The van der Waals surface area contributed by atoms with Crippen LogP contribution < -0.4 is 15.7 Å². The van der Waals surface area contributed by atoms with Gasteiger partial charge < -0.3 is 10.2 Å². The molecule has 0 bridgehead atoms. The molecule has 24 heavy (non-hydrogen) atoms. The van der Waals surface area contributed by atoms with Gasteiger partial charge in [0.15, 0.2) is 0 Å². The Hall–Kier alpha value is -2.74. The SMILES string of the molecule is O=C(NO)c1ccccc1[O-].[O-]c1cccc2cccnc12.[O]=[V+2]. The van der Waals surface area contributed by atoms with Gasteiger partial charge in [0.2, 0.25) is 0 Å². The Morgan fingerprint density at radius 1 is 0.958 bits per heavy atom. The number of hydrogen-bond donors (Lipinski definition) is 2. The Morgan fingerprint density at radius 3 is 2.21 bits per heavy atom. The van der Waals surface area contributed by atoms with Crippen molar-refractivity contribution >= 4 is 16.8 Å². The number of benzene rings is 2. The number of fused-ring (bicyclic) bond motifs is 1. The van der Waals surface area contributed by atoms with Crippen molar-refractivity contribution in [3.63, 3.8) is 0 Å². The van der Waals surface area contributed by atoms with Crippen LogP contribution in [-0.4, -0.2) is 16.1 Å². The molecule has 0 fully saturated rings. The van der Waals surface area contributed by atoms with Crippen LogP contribution in [0.25, 0.3) is 10.9 Å². The molecule has 1 heterocycles. The first-order valence-corrected chi connectivity index (χ1v) is 7.10. The molecule has 0 unspecified atom stereocenters. The molecule has 0 aliphatic carbocycles. The Kier molecular flexibility index (Phi) is 8.14. The van der Waals surface area contributed by atoms with Crippen LogP contribution >= 0.6 is 0 Å². The van der Waals surface area contributed by atoms with Gasteiger partial charge in [-0.15, -0.1) is 0 Å². The van der Waals surface area contributed by atoms with Gasteiger partial charge in [0.1, 0.15) is 0 Å². The summed E-state index contributed by atoms with van der Waals surface area (Å²) in [7, 11) is 0. The third-order valence-corrected chi connectivity index (χ3v) is 2.83. The van der Waals surface area contributed by atoms with Crippen molar-refractivity contribution in [3.05, 3.63) is 66.4 Å². The van der Waals surface area contributed by atoms with E-state index < -0.39 is 11.7 Å². The quantitative estimate of drug-likeness (QED) is 0.492. The van der Waals surface area contributed by atoms with E-state index in [1.807, 2.05) is 18.2 Å². The number of amides is 1. The van der Waals surface area contributed by atoms with Gasteiger partial charge in [-0.25, -0.2) is 5.48 Å². The van der Waals surface area contributed by atoms with Crippen molar-refractivity contribution in [2.24, 2.45) is 0 Å². The zero-order chi connectivity index (χ0) is 17.9. The van der Waals surface area contributed by atoms with Crippen molar-refractivity contribution in [1.82, 2.24) is 10.5 Å². The molecule has 1 amide bonds. The van der Waals surface area contributed by atoms with Crippen LogP contribution in [0.3, 0.4) is 0 Å². The molecule has 0 aliphatic rings. The number of para-hydroxylation sites is 2.